The van der Waals surface area contributed by atoms with Crippen LogP contribution in [0.3, 0.4) is 0 Å². The van der Waals surface area contributed by atoms with Gasteiger partial charge < -0.3 is 9.73 Å². The van der Waals surface area contributed by atoms with Crippen LogP contribution in [0, 0.1) is 6.92 Å². The predicted octanol–water partition coefficient (Wildman–Crippen LogP) is 3.46. The van der Waals surface area contributed by atoms with Crippen molar-refractivity contribution in [1.82, 2.24) is 10.2 Å². The van der Waals surface area contributed by atoms with E-state index < -0.39 is 0 Å². The number of hydrogen-bond donors (Lipinski definition) is 1. The molecule has 1 aromatic carbocycles. The molecular weight excluding hydrogens is 288 g/mol. The van der Waals surface area contributed by atoms with Crippen molar-refractivity contribution >= 4 is 5.91 Å². The Morgan fingerprint density at radius 3 is 2.48 bits per heavy atom. The third kappa shape index (κ3) is 5.25. The molecule has 1 atom stereocenters. The van der Waals surface area contributed by atoms with Gasteiger partial charge in [-0.3, -0.25) is 9.69 Å². The van der Waals surface area contributed by atoms with E-state index >= 15 is 0 Å². The standard InChI is InChI=1S/C19H26N2O2/c1-5-16-7-9-17(10-8-16)15(3)20-19(22)13-21(4)12-18-11-6-14(2)23-18/h6-11,15H,5,12-13H2,1-4H3,(H,20,22)/t15-/m0/s1. The highest BCUT2D eigenvalue weighted by Crippen LogP contribution is 2.14. The molecular formula is C19H26N2O2. The normalized spacial score (nSPS) is 12.4. The molecule has 0 radical (unpaired) electrons. The average Bonchev–Trinajstić information content (AvgIpc) is 2.91. The van der Waals surface area contributed by atoms with Crippen LogP contribution < -0.4 is 5.32 Å². The van der Waals surface area contributed by atoms with Crippen molar-refractivity contribution < 1.29 is 9.21 Å². The summed E-state index contributed by atoms with van der Waals surface area (Å²) in [6.45, 7) is 7.03. The third-order valence-corrected chi connectivity index (χ3v) is 3.90. The molecule has 0 fully saturated rings. The minimum Gasteiger partial charge on any atom is -0.465 e. The molecule has 0 aliphatic carbocycles. The van der Waals surface area contributed by atoms with Crippen molar-refractivity contribution in [2.45, 2.75) is 39.8 Å². The molecule has 1 aromatic heterocycles. The lowest BCUT2D eigenvalue weighted by Crippen LogP contribution is -2.36. The van der Waals surface area contributed by atoms with E-state index in [1.54, 1.807) is 0 Å². The number of amides is 1. The Balaban J connectivity index is 1.82. The first-order valence-corrected chi connectivity index (χ1v) is 8.10. The molecule has 1 amide bonds. The quantitative estimate of drug-likeness (QED) is 0.851. The largest absolute Gasteiger partial charge is 0.465 e. The van der Waals surface area contributed by atoms with Crippen LogP contribution in [0.4, 0.5) is 0 Å². The summed E-state index contributed by atoms with van der Waals surface area (Å²) in [4.78, 5) is 14.1. The zero-order chi connectivity index (χ0) is 16.8. The molecule has 0 saturated carbocycles. The van der Waals surface area contributed by atoms with Crippen LogP contribution in [-0.2, 0) is 17.8 Å². The molecule has 0 unspecified atom stereocenters. The highest BCUT2D eigenvalue weighted by molar-refractivity contribution is 5.78. The molecule has 2 rings (SSSR count). The van der Waals surface area contributed by atoms with Gasteiger partial charge in [-0.1, -0.05) is 31.2 Å². The lowest BCUT2D eigenvalue weighted by molar-refractivity contribution is -0.122. The van der Waals surface area contributed by atoms with Gasteiger partial charge in [-0.25, -0.2) is 0 Å². The van der Waals surface area contributed by atoms with Crippen molar-refractivity contribution in [2.75, 3.05) is 13.6 Å². The number of aryl methyl sites for hydroxylation is 2. The maximum absolute atomic E-state index is 12.2. The number of carbonyl (C=O) groups excluding carboxylic acids is 1. The second-order valence-electron chi connectivity index (χ2n) is 6.07. The lowest BCUT2D eigenvalue weighted by atomic mass is 10.1. The van der Waals surface area contributed by atoms with Gasteiger partial charge >= 0.3 is 0 Å². The Morgan fingerprint density at radius 2 is 1.91 bits per heavy atom. The van der Waals surface area contributed by atoms with Crippen molar-refractivity contribution in [2.24, 2.45) is 0 Å². The summed E-state index contributed by atoms with van der Waals surface area (Å²) >= 11 is 0. The van der Waals surface area contributed by atoms with Gasteiger partial charge in [0.05, 0.1) is 19.1 Å². The average molecular weight is 314 g/mol. The highest BCUT2D eigenvalue weighted by Gasteiger charge is 2.12. The Bertz CT molecular complexity index is 631. The number of hydrogen-bond acceptors (Lipinski definition) is 3. The van der Waals surface area contributed by atoms with Gasteiger partial charge in [0.1, 0.15) is 11.5 Å². The summed E-state index contributed by atoms with van der Waals surface area (Å²) in [5, 5.41) is 3.04. The first kappa shape index (κ1) is 17.3. The maximum atomic E-state index is 12.2. The Hall–Kier alpha value is -2.07. The second-order valence-corrected chi connectivity index (χ2v) is 6.07. The summed E-state index contributed by atoms with van der Waals surface area (Å²) in [6.07, 6.45) is 1.03. The van der Waals surface area contributed by atoms with E-state index in [0.29, 0.717) is 13.1 Å². The number of nitrogens with one attached hydrogen (secondary N) is 1. The zero-order valence-electron chi connectivity index (χ0n) is 14.4. The molecule has 0 saturated heterocycles. The number of benzene rings is 1. The monoisotopic (exact) mass is 314 g/mol. The molecule has 2 aromatic rings. The molecule has 4 heteroatoms. The molecule has 1 N–H and O–H groups in total. The lowest BCUT2D eigenvalue weighted by Gasteiger charge is -2.18. The van der Waals surface area contributed by atoms with E-state index in [4.69, 9.17) is 4.42 Å². The van der Waals surface area contributed by atoms with E-state index in [9.17, 15) is 4.79 Å². The zero-order valence-corrected chi connectivity index (χ0v) is 14.4. The van der Waals surface area contributed by atoms with Gasteiger partial charge in [-0.2, -0.15) is 0 Å². The van der Waals surface area contributed by atoms with Crippen LogP contribution in [0.1, 0.15) is 42.5 Å². The molecule has 0 spiro atoms. The number of nitrogens with zero attached hydrogens (tertiary/aromatic N) is 1. The van der Waals surface area contributed by atoms with Crippen LogP contribution in [0.15, 0.2) is 40.8 Å². The van der Waals surface area contributed by atoms with Crippen LogP contribution in [0.2, 0.25) is 0 Å². The predicted molar refractivity (Wildman–Crippen MR) is 92.2 cm³/mol. The summed E-state index contributed by atoms with van der Waals surface area (Å²) in [5.41, 5.74) is 2.43. The molecule has 0 bridgehead atoms. The first-order valence-electron chi connectivity index (χ1n) is 8.10. The molecule has 0 aliphatic heterocycles. The Morgan fingerprint density at radius 1 is 1.22 bits per heavy atom. The molecule has 124 valence electrons. The van der Waals surface area contributed by atoms with Gasteiger partial charge in [-0.05, 0) is 50.6 Å². The fraction of sp³-hybridized carbons (Fsp3) is 0.421. The van der Waals surface area contributed by atoms with Crippen LogP contribution in [0.25, 0.3) is 0 Å². The topological polar surface area (TPSA) is 45.5 Å². The van der Waals surface area contributed by atoms with Crippen molar-refractivity contribution in [3.8, 4) is 0 Å². The van der Waals surface area contributed by atoms with Crippen LogP contribution >= 0.6 is 0 Å². The van der Waals surface area contributed by atoms with Crippen LogP contribution in [0.5, 0.6) is 0 Å². The van der Waals surface area contributed by atoms with Crippen molar-refractivity contribution in [3.63, 3.8) is 0 Å². The summed E-state index contributed by atoms with van der Waals surface area (Å²) in [6, 6.07) is 12.3. The van der Waals surface area contributed by atoms with Gasteiger partial charge in [-0.15, -0.1) is 0 Å². The summed E-state index contributed by atoms with van der Waals surface area (Å²) in [7, 11) is 1.91. The fourth-order valence-electron chi connectivity index (χ4n) is 2.55. The fourth-order valence-corrected chi connectivity index (χ4v) is 2.55. The SMILES string of the molecule is CCc1ccc([C@H](C)NC(=O)CN(C)Cc2ccc(C)o2)cc1. The number of furan rings is 1. The van der Waals surface area contributed by atoms with Crippen molar-refractivity contribution in [3.05, 3.63) is 59.0 Å². The minimum atomic E-state index is 0.00710. The van der Waals surface area contributed by atoms with E-state index in [0.717, 1.165) is 23.5 Å². The summed E-state index contributed by atoms with van der Waals surface area (Å²) < 4.78 is 5.53. The highest BCUT2D eigenvalue weighted by atomic mass is 16.3. The van der Waals surface area contributed by atoms with Gasteiger partial charge in [0, 0.05) is 0 Å². The molecule has 4 nitrogen and oxygen atoms in total. The maximum Gasteiger partial charge on any atom is 0.234 e. The molecule has 1 heterocycles. The van der Waals surface area contributed by atoms with E-state index in [2.05, 4.69) is 36.5 Å². The summed E-state index contributed by atoms with van der Waals surface area (Å²) in [5.74, 6) is 1.78. The molecule has 0 aliphatic rings. The minimum absolute atomic E-state index is 0.00710. The smallest absolute Gasteiger partial charge is 0.234 e. The van der Waals surface area contributed by atoms with Gasteiger partial charge in [0.25, 0.3) is 0 Å². The Labute approximate surface area is 138 Å². The Kier molecular flexibility index (Phi) is 5.99. The van der Waals surface area contributed by atoms with Gasteiger partial charge in [0.2, 0.25) is 5.91 Å². The number of carbonyl (C=O) groups is 1. The number of rotatable bonds is 7. The van der Waals surface area contributed by atoms with E-state index in [1.165, 1.54) is 5.56 Å². The van der Waals surface area contributed by atoms with E-state index in [-0.39, 0.29) is 11.9 Å². The van der Waals surface area contributed by atoms with Crippen LogP contribution in [-0.4, -0.2) is 24.4 Å². The second kappa shape index (κ2) is 7.97. The van der Waals surface area contributed by atoms with Crippen molar-refractivity contribution in [1.29, 1.82) is 0 Å². The molecule has 23 heavy (non-hydrogen) atoms. The number of likely N-dealkylation sites (N-methyl/N-ethyl adjacent to an activating group) is 1. The van der Waals surface area contributed by atoms with E-state index in [1.807, 2.05) is 37.9 Å². The van der Waals surface area contributed by atoms with Gasteiger partial charge in [0.15, 0.2) is 0 Å². The third-order valence-electron chi connectivity index (χ3n) is 3.90. The first-order chi connectivity index (χ1) is 11.0.